The van der Waals surface area contributed by atoms with Gasteiger partial charge in [0.15, 0.2) is 5.82 Å². The highest BCUT2D eigenvalue weighted by molar-refractivity contribution is 7.99. The van der Waals surface area contributed by atoms with Crippen molar-refractivity contribution in [2.45, 2.75) is 30.4 Å². The molecule has 2 rings (SSSR count). The second kappa shape index (κ2) is 2.67. The van der Waals surface area contributed by atoms with Gasteiger partial charge in [0.05, 0.1) is 0 Å². The number of aromatic nitrogens is 3. The third kappa shape index (κ3) is 1.25. The fourth-order valence-corrected chi connectivity index (χ4v) is 1.83. The minimum absolute atomic E-state index is 0.477. The largest absolute Gasteiger partial charge is 0.313 e. The van der Waals surface area contributed by atoms with Crippen molar-refractivity contribution in [1.29, 1.82) is 0 Å². The van der Waals surface area contributed by atoms with Crippen molar-refractivity contribution in [3.05, 3.63) is 11.6 Å². The molecule has 0 N–H and O–H groups in total. The number of hydrogen-bond donors (Lipinski definition) is 2. The molecule has 1 aromatic heterocycles. The SMILES string of the molecule is CC(S)(S)c1nnc2n1CCC2. The maximum atomic E-state index is 4.35. The lowest BCUT2D eigenvalue weighted by atomic mass is 10.4. The second-order valence-corrected chi connectivity index (χ2v) is 5.36. The van der Waals surface area contributed by atoms with E-state index >= 15 is 0 Å². The van der Waals surface area contributed by atoms with Gasteiger partial charge >= 0.3 is 0 Å². The number of rotatable bonds is 1. The van der Waals surface area contributed by atoms with Crippen LogP contribution in [0.4, 0.5) is 0 Å². The molecule has 5 heteroatoms. The van der Waals surface area contributed by atoms with Crippen LogP contribution in [0.15, 0.2) is 0 Å². The van der Waals surface area contributed by atoms with E-state index in [0.717, 1.165) is 31.0 Å². The van der Waals surface area contributed by atoms with Gasteiger partial charge < -0.3 is 4.57 Å². The lowest BCUT2D eigenvalue weighted by molar-refractivity contribution is 0.678. The molecule has 66 valence electrons. The Morgan fingerprint density at radius 1 is 1.42 bits per heavy atom. The van der Waals surface area contributed by atoms with Gasteiger partial charge in [0, 0.05) is 13.0 Å². The standard InChI is InChI=1S/C7H11N3S2/c1-7(11,12)6-9-8-5-3-2-4-10(5)6/h11-12H,2-4H2,1H3. The first-order valence-corrected chi connectivity index (χ1v) is 4.86. The molecule has 12 heavy (non-hydrogen) atoms. The van der Waals surface area contributed by atoms with Crippen molar-refractivity contribution < 1.29 is 0 Å². The molecule has 0 amide bonds. The predicted molar refractivity (Wildman–Crippen MR) is 53.7 cm³/mol. The summed E-state index contributed by atoms with van der Waals surface area (Å²) in [4.78, 5) is 0. The summed E-state index contributed by atoms with van der Waals surface area (Å²) in [5.41, 5.74) is 0. The molecule has 1 aromatic rings. The van der Waals surface area contributed by atoms with E-state index in [9.17, 15) is 0 Å². The summed E-state index contributed by atoms with van der Waals surface area (Å²) in [6, 6.07) is 0. The average molecular weight is 201 g/mol. The van der Waals surface area contributed by atoms with Gasteiger partial charge in [0.1, 0.15) is 9.90 Å². The van der Waals surface area contributed by atoms with E-state index in [2.05, 4.69) is 40.0 Å². The fourth-order valence-electron chi connectivity index (χ4n) is 1.50. The first-order valence-electron chi connectivity index (χ1n) is 3.96. The van der Waals surface area contributed by atoms with E-state index in [-0.39, 0.29) is 0 Å². The molecule has 1 aliphatic rings. The summed E-state index contributed by atoms with van der Waals surface area (Å²) in [5, 5.41) is 8.15. The Morgan fingerprint density at radius 3 is 2.83 bits per heavy atom. The first kappa shape index (κ1) is 8.44. The van der Waals surface area contributed by atoms with E-state index in [1.807, 2.05) is 6.92 Å². The quantitative estimate of drug-likeness (QED) is 0.529. The number of aryl methyl sites for hydroxylation is 1. The molecular formula is C7H11N3S2. The molecule has 1 aliphatic heterocycles. The molecule has 0 aromatic carbocycles. The first-order chi connectivity index (χ1) is 5.59. The number of thiol groups is 2. The van der Waals surface area contributed by atoms with Crippen LogP contribution in [-0.4, -0.2) is 14.8 Å². The maximum Gasteiger partial charge on any atom is 0.158 e. The minimum atomic E-state index is -0.477. The van der Waals surface area contributed by atoms with Gasteiger partial charge in [0.2, 0.25) is 0 Å². The van der Waals surface area contributed by atoms with Crippen LogP contribution in [0.5, 0.6) is 0 Å². The van der Waals surface area contributed by atoms with Gasteiger partial charge in [-0.05, 0) is 13.3 Å². The molecule has 0 saturated carbocycles. The van der Waals surface area contributed by atoms with Crippen molar-refractivity contribution >= 4 is 25.3 Å². The van der Waals surface area contributed by atoms with Gasteiger partial charge in [-0.25, -0.2) is 0 Å². The fraction of sp³-hybridized carbons (Fsp3) is 0.714. The van der Waals surface area contributed by atoms with E-state index in [1.54, 1.807) is 0 Å². The molecule has 0 atom stereocenters. The minimum Gasteiger partial charge on any atom is -0.313 e. The Balaban J connectivity index is 2.46. The van der Waals surface area contributed by atoms with Gasteiger partial charge in [-0.1, -0.05) is 0 Å². The maximum absolute atomic E-state index is 4.35. The van der Waals surface area contributed by atoms with Gasteiger partial charge in [0.25, 0.3) is 0 Å². The predicted octanol–water partition coefficient (Wildman–Crippen LogP) is 1.26. The molecule has 0 aliphatic carbocycles. The number of fused-ring (bicyclic) bond motifs is 1. The number of nitrogens with zero attached hydrogens (tertiary/aromatic N) is 3. The van der Waals surface area contributed by atoms with E-state index in [0.29, 0.717) is 0 Å². The Hall–Kier alpha value is -0.160. The van der Waals surface area contributed by atoms with Crippen LogP contribution < -0.4 is 0 Å². The Labute approximate surface area is 82.4 Å². The van der Waals surface area contributed by atoms with Gasteiger partial charge in [-0.2, -0.15) is 25.3 Å². The normalized spacial score (nSPS) is 16.6. The topological polar surface area (TPSA) is 30.7 Å². The van der Waals surface area contributed by atoms with Gasteiger partial charge in [-0.3, -0.25) is 0 Å². The molecule has 0 spiro atoms. The highest BCUT2D eigenvalue weighted by Gasteiger charge is 2.27. The van der Waals surface area contributed by atoms with Gasteiger partial charge in [-0.15, -0.1) is 10.2 Å². The molecule has 0 fully saturated rings. The van der Waals surface area contributed by atoms with Crippen LogP contribution in [0.2, 0.25) is 0 Å². The average Bonchev–Trinajstić information content (AvgIpc) is 2.37. The molecule has 0 saturated heterocycles. The molecule has 0 bridgehead atoms. The molecule has 0 unspecified atom stereocenters. The smallest absolute Gasteiger partial charge is 0.158 e. The summed E-state index contributed by atoms with van der Waals surface area (Å²) >= 11 is 8.70. The Bertz CT molecular complexity index is 300. The molecular weight excluding hydrogens is 190 g/mol. The van der Waals surface area contributed by atoms with Crippen LogP contribution in [0.3, 0.4) is 0 Å². The van der Waals surface area contributed by atoms with Crippen LogP contribution >= 0.6 is 25.3 Å². The second-order valence-electron chi connectivity index (χ2n) is 3.22. The molecule has 3 nitrogen and oxygen atoms in total. The number of hydrogen-bond acceptors (Lipinski definition) is 4. The van der Waals surface area contributed by atoms with Crippen LogP contribution in [0.25, 0.3) is 0 Å². The summed E-state index contributed by atoms with van der Waals surface area (Å²) in [6.07, 6.45) is 2.19. The summed E-state index contributed by atoms with van der Waals surface area (Å²) in [5.74, 6) is 1.93. The highest BCUT2D eigenvalue weighted by Crippen LogP contribution is 2.32. The zero-order chi connectivity index (χ0) is 8.77. The van der Waals surface area contributed by atoms with E-state index in [1.165, 1.54) is 0 Å². The van der Waals surface area contributed by atoms with Crippen molar-refractivity contribution in [1.82, 2.24) is 14.8 Å². The summed E-state index contributed by atoms with van der Waals surface area (Å²) in [7, 11) is 0. The highest BCUT2D eigenvalue weighted by atomic mass is 32.2. The lowest BCUT2D eigenvalue weighted by Gasteiger charge is -2.15. The molecule has 0 radical (unpaired) electrons. The monoisotopic (exact) mass is 201 g/mol. The zero-order valence-electron chi connectivity index (χ0n) is 6.86. The van der Waals surface area contributed by atoms with Crippen LogP contribution in [0.1, 0.15) is 25.0 Å². The van der Waals surface area contributed by atoms with E-state index in [4.69, 9.17) is 0 Å². The zero-order valence-corrected chi connectivity index (χ0v) is 8.65. The van der Waals surface area contributed by atoms with Crippen molar-refractivity contribution in [3.63, 3.8) is 0 Å². The summed E-state index contributed by atoms with van der Waals surface area (Å²) in [6.45, 7) is 2.92. The van der Waals surface area contributed by atoms with Crippen LogP contribution in [0, 0.1) is 0 Å². The third-order valence-corrected chi connectivity index (χ3v) is 2.43. The van der Waals surface area contributed by atoms with Crippen LogP contribution in [-0.2, 0) is 17.0 Å². The van der Waals surface area contributed by atoms with E-state index < -0.39 is 4.08 Å². The Morgan fingerprint density at radius 2 is 2.17 bits per heavy atom. The molecule has 2 heterocycles. The van der Waals surface area contributed by atoms with Crippen molar-refractivity contribution in [2.24, 2.45) is 0 Å². The summed E-state index contributed by atoms with van der Waals surface area (Å²) < 4.78 is 1.63. The Kier molecular flexibility index (Phi) is 1.88. The van der Waals surface area contributed by atoms with Crippen molar-refractivity contribution in [3.8, 4) is 0 Å². The third-order valence-electron chi connectivity index (χ3n) is 2.03. The lowest BCUT2D eigenvalue weighted by Crippen LogP contribution is -2.13. The van der Waals surface area contributed by atoms with Crippen molar-refractivity contribution in [2.75, 3.05) is 0 Å².